The van der Waals surface area contributed by atoms with Gasteiger partial charge >= 0.3 is 11.9 Å². The fourth-order valence-corrected chi connectivity index (χ4v) is 1.78. The minimum atomic E-state index is -1.50. The van der Waals surface area contributed by atoms with Gasteiger partial charge in [0.1, 0.15) is 12.1 Å². The van der Waals surface area contributed by atoms with E-state index < -0.39 is 24.1 Å². The van der Waals surface area contributed by atoms with E-state index in [-0.39, 0.29) is 13.0 Å². The van der Waals surface area contributed by atoms with Crippen LogP contribution in [0.3, 0.4) is 0 Å². The van der Waals surface area contributed by atoms with Crippen molar-refractivity contribution >= 4 is 18.0 Å². The molecule has 2 rings (SSSR count). The summed E-state index contributed by atoms with van der Waals surface area (Å²) in [6.45, 7) is -0.0176. The van der Waals surface area contributed by atoms with Crippen LogP contribution in [0.15, 0.2) is 30.3 Å². The number of carbonyl (C=O) groups excluding carboxylic acids is 3. The van der Waals surface area contributed by atoms with E-state index in [0.717, 1.165) is 4.90 Å². The van der Waals surface area contributed by atoms with Crippen LogP contribution >= 0.6 is 0 Å². The summed E-state index contributed by atoms with van der Waals surface area (Å²) in [5.74, 6) is -1.57. The molecular weight excluding hydrogens is 238 g/mol. The van der Waals surface area contributed by atoms with Crippen molar-refractivity contribution in [2.45, 2.75) is 19.0 Å². The normalized spacial score (nSPS) is 18.6. The Labute approximate surface area is 103 Å². The second-order valence-electron chi connectivity index (χ2n) is 3.89. The highest BCUT2D eigenvalue weighted by molar-refractivity contribution is 5.98. The smallest absolute Gasteiger partial charge is 0.337 e. The van der Waals surface area contributed by atoms with Crippen LogP contribution in [0.1, 0.15) is 12.0 Å². The van der Waals surface area contributed by atoms with Crippen molar-refractivity contribution in [1.29, 1.82) is 0 Å². The molecule has 1 amide bonds. The molecule has 0 aromatic heterocycles. The summed E-state index contributed by atoms with van der Waals surface area (Å²) >= 11 is 0. The number of nitrogens with zero attached hydrogens (tertiary/aromatic N) is 1. The van der Waals surface area contributed by atoms with Crippen LogP contribution in [0.2, 0.25) is 0 Å². The monoisotopic (exact) mass is 248 g/mol. The first-order valence-corrected chi connectivity index (χ1v) is 5.34. The lowest BCUT2D eigenvalue weighted by Gasteiger charge is -2.28. The molecule has 6 heteroatoms. The SMILES string of the molecule is O=C1C[C@@H](N(Cc2ccccc2)C(=O)[O-])C(=O)O1. The molecule has 1 aromatic carbocycles. The van der Waals surface area contributed by atoms with Crippen molar-refractivity contribution < 1.29 is 24.2 Å². The number of amides is 1. The van der Waals surface area contributed by atoms with Gasteiger partial charge in [0.2, 0.25) is 0 Å². The summed E-state index contributed by atoms with van der Waals surface area (Å²) in [6, 6.07) is 7.63. The molecule has 1 aliphatic heterocycles. The molecule has 1 fully saturated rings. The first-order valence-electron chi connectivity index (χ1n) is 5.34. The molecule has 18 heavy (non-hydrogen) atoms. The van der Waals surface area contributed by atoms with Crippen LogP contribution in [-0.2, 0) is 20.9 Å². The molecule has 6 nitrogen and oxygen atoms in total. The topological polar surface area (TPSA) is 86.7 Å². The highest BCUT2D eigenvalue weighted by Crippen LogP contribution is 2.17. The third-order valence-corrected chi connectivity index (χ3v) is 2.65. The number of hydrogen-bond donors (Lipinski definition) is 0. The van der Waals surface area contributed by atoms with Gasteiger partial charge in [-0.2, -0.15) is 0 Å². The van der Waals surface area contributed by atoms with Gasteiger partial charge in [0, 0.05) is 6.54 Å². The van der Waals surface area contributed by atoms with Gasteiger partial charge in [0.25, 0.3) is 0 Å². The molecular formula is C12H10NO5-. The van der Waals surface area contributed by atoms with Crippen molar-refractivity contribution in [3.8, 4) is 0 Å². The molecule has 0 N–H and O–H groups in total. The van der Waals surface area contributed by atoms with Crippen molar-refractivity contribution in [3.05, 3.63) is 35.9 Å². The Balaban J connectivity index is 2.17. The van der Waals surface area contributed by atoms with Crippen LogP contribution in [0.25, 0.3) is 0 Å². The average Bonchev–Trinajstić information content (AvgIpc) is 2.66. The van der Waals surface area contributed by atoms with E-state index in [1.165, 1.54) is 0 Å². The molecule has 94 valence electrons. The molecule has 0 unspecified atom stereocenters. The number of benzene rings is 1. The summed E-state index contributed by atoms with van der Waals surface area (Å²) in [7, 11) is 0. The molecule has 1 aliphatic rings. The fourth-order valence-electron chi connectivity index (χ4n) is 1.78. The van der Waals surface area contributed by atoms with E-state index in [4.69, 9.17) is 0 Å². The quantitative estimate of drug-likeness (QED) is 0.540. The van der Waals surface area contributed by atoms with Crippen molar-refractivity contribution in [3.63, 3.8) is 0 Å². The predicted octanol–water partition coefficient (Wildman–Crippen LogP) is -0.326. The molecule has 1 aromatic rings. The Bertz CT molecular complexity index is 485. The molecule has 0 radical (unpaired) electrons. The summed E-state index contributed by atoms with van der Waals surface area (Å²) < 4.78 is 4.33. The van der Waals surface area contributed by atoms with Crippen molar-refractivity contribution in [1.82, 2.24) is 4.90 Å². The summed E-state index contributed by atoms with van der Waals surface area (Å²) in [5.41, 5.74) is 0.703. The van der Waals surface area contributed by atoms with Crippen LogP contribution in [0.4, 0.5) is 4.79 Å². The maximum absolute atomic E-state index is 11.3. The molecule has 1 saturated heterocycles. The number of esters is 2. The lowest BCUT2D eigenvalue weighted by Crippen LogP contribution is -2.48. The molecule has 1 heterocycles. The molecule has 0 bridgehead atoms. The lowest BCUT2D eigenvalue weighted by molar-refractivity contribution is -0.268. The molecule has 0 spiro atoms. The van der Waals surface area contributed by atoms with E-state index >= 15 is 0 Å². The third-order valence-electron chi connectivity index (χ3n) is 2.65. The highest BCUT2D eigenvalue weighted by Gasteiger charge is 2.38. The van der Waals surface area contributed by atoms with Gasteiger partial charge < -0.3 is 19.5 Å². The molecule has 0 saturated carbocycles. The van der Waals surface area contributed by atoms with E-state index in [9.17, 15) is 19.5 Å². The second kappa shape index (κ2) is 4.87. The van der Waals surface area contributed by atoms with Gasteiger partial charge in [0.15, 0.2) is 0 Å². The first-order chi connectivity index (χ1) is 8.58. The van der Waals surface area contributed by atoms with Gasteiger partial charge in [-0.15, -0.1) is 0 Å². The first kappa shape index (κ1) is 12.1. The minimum absolute atomic E-state index is 0.0176. The van der Waals surface area contributed by atoms with Gasteiger partial charge in [0.05, 0.1) is 6.42 Å². The van der Waals surface area contributed by atoms with E-state index in [1.54, 1.807) is 30.3 Å². The number of cyclic esters (lactones) is 2. The van der Waals surface area contributed by atoms with Crippen molar-refractivity contribution in [2.24, 2.45) is 0 Å². The highest BCUT2D eigenvalue weighted by atomic mass is 16.6. The Morgan fingerprint density at radius 2 is 2.00 bits per heavy atom. The van der Waals surface area contributed by atoms with Gasteiger partial charge in [-0.05, 0) is 5.56 Å². The average molecular weight is 248 g/mol. The number of carboxylic acid groups (broad SMARTS) is 1. The van der Waals surface area contributed by atoms with E-state index in [2.05, 4.69) is 4.74 Å². The summed E-state index contributed by atoms with van der Waals surface area (Å²) in [5, 5.41) is 11.0. The van der Waals surface area contributed by atoms with E-state index in [0.29, 0.717) is 5.56 Å². The minimum Gasteiger partial charge on any atom is -0.530 e. The number of hydrogen-bond acceptors (Lipinski definition) is 5. The summed E-state index contributed by atoms with van der Waals surface area (Å²) in [4.78, 5) is 34.2. The Morgan fingerprint density at radius 1 is 1.33 bits per heavy atom. The summed E-state index contributed by atoms with van der Waals surface area (Å²) in [6.07, 6.45) is -1.77. The van der Waals surface area contributed by atoms with Gasteiger partial charge in [-0.1, -0.05) is 30.3 Å². The maximum atomic E-state index is 11.3. The third kappa shape index (κ3) is 2.48. The maximum Gasteiger partial charge on any atom is 0.337 e. The molecule has 0 aliphatic carbocycles. The zero-order valence-electron chi connectivity index (χ0n) is 9.37. The van der Waals surface area contributed by atoms with Crippen LogP contribution < -0.4 is 5.11 Å². The number of carbonyl (C=O) groups is 3. The predicted molar refractivity (Wildman–Crippen MR) is 56.9 cm³/mol. The largest absolute Gasteiger partial charge is 0.530 e. The Morgan fingerprint density at radius 3 is 2.50 bits per heavy atom. The van der Waals surface area contributed by atoms with E-state index in [1.807, 2.05) is 0 Å². The number of ether oxygens (including phenoxy) is 1. The molecule has 1 atom stereocenters. The Hall–Kier alpha value is -2.37. The standard InChI is InChI=1S/C12H11NO5/c14-10-6-9(11(15)18-10)13(12(16)17)7-8-4-2-1-3-5-8/h1-5,9H,6-7H2,(H,16,17)/p-1/t9-/m1/s1. The Kier molecular flexibility index (Phi) is 3.27. The van der Waals surface area contributed by atoms with Crippen LogP contribution in [0, 0.1) is 0 Å². The second-order valence-corrected chi connectivity index (χ2v) is 3.89. The van der Waals surface area contributed by atoms with Gasteiger partial charge in [-0.3, -0.25) is 4.79 Å². The lowest BCUT2D eigenvalue weighted by atomic mass is 10.1. The fraction of sp³-hybridized carbons (Fsp3) is 0.250. The zero-order valence-corrected chi connectivity index (χ0v) is 9.37. The van der Waals surface area contributed by atoms with Crippen molar-refractivity contribution in [2.75, 3.05) is 0 Å². The van der Waals surface area contributed by atoms with Gasteiger partial charge in [-0.25, -0.2) is 4.79 Å². The van der Waals surface area contributed by atoms with Crippen LogP contribution in [-0.4, -0.2) is 29.0 Å². The number of rotatable bonds is 3. The van der Waals surface area contributed by atoms with Crippen LogP contribution in [0.5, 0.6) is 0 Å². The zero-order chi connectivity index (χ0) is 13.1.